The van der Waals surface area contributed by atoms with Crippen molar-refractivity contribution in [1.29, 1.82) is 0 Å². The highest BCUT2D eigenvalue weighted by Crippen LogP contribution is 2.32. The first-order valence-electron chi connectivity index (χ1n) is 8.94. The first-order valence-corrected chi connectivity index (χ1v) is 8.94. The van der Waals surface area contributed by atoms with E-state index in [1.165, 1.54) is 19.3 Å². The van der Waals surface area contributed by atoms with Gasteiger partial charge in [0.15, 0.2) is 11.5 Å². The lowest BCUT2D eigenvalue weighted by atomic mass is 9.84. The predicted octanol–water partition coefficient (Wildman–Crippen LogP) is 2.58. The van der Waals surface area contributed by atoms with Crippen LogP contribution in [-0.2, 0) is 11.2 Å². The van der Waals surface area contributed by atoms with Crippen molar-refractivity contribution in [2.45, 2.75) is 44.6 Å². The molecule has 3 rings (SSSR count). The number of ether oxygens (including phenoxy) is 2. The Balaban J connectivity index is 1.49. The number of hydrogen-bond donors (Lipinski definition) is 1. The first kappa shape index (κ1) is 17.1. The van der Waals surface area contributed by atoms with Crippen molar-refractivity contribution in [1.82, 2.24) is 10.2 Å². The zero-order chi connectivity index (χ0) is 16.9. The summed E-state index contributed by atoms with van der Waals surface area (Å²) < 4.78 is 10.7. The summed E-state index contributed by atoms with van der Waals surface area (Å²) in [6.45, 7) is 1.33. The molecule has 1 N–H and O–H groups in total. The fraction of sp³-hybridized carbons (Fsp3) is 0.632. The van der Waals surface area contributed by atoms with E-state index < -0.39 is 0 Å². The Labute approximate surface area is 144 Å². The van der Waals surface area contributed by atoms with Crippen molar-refractivity contribution in [3.63, 3.8) is 0 Å². The van der Waals surface area contributed by atoms with E-state index in [0.29, 0.717) is 18.4 Å². The molecular weight excluding hydrogens is 304 g/mol. The number of nitrogens with one attached hydrogen (secondary N) is 1. The molecule has 0 bridgehead atoms. The van der Waals surface area contributed by atoms with Crippen LogP contribution in [0, 0.1) is 5.92 Å². The standard InChI is InChI=1S/C19H28N2O3/c1-21(2)12-15-5-3-4-6-16(15)20-19(22)10-8-14-7-9-17-18(11-14)24-13-23-17/h7,9,11,15-16H,3-6,8,10,12-13H2,1-2H3,(H,20,22). The molecule has 1 aromatic rings. The van der Waals surface area contributed by atoms with Crippen LogP contribution >= 0.6 is 0 Å². The maximum atomic E-state index is 12.4. The van der Waals surface area contributed by atoms with E-state index in [1.54, 1.807) is 0 Å². The molecule has 5 nitrogen and oxygen atoms in total. The summed E-state index contributed by atoms with van der Waals surface area (Å²) in [6, 6.07) is 6.23. The Morgan fingerprint density at radius 1 is 1.21 bits per heavy atom. The molecule has 1 saturated carbocycles. The lowest BCUT2D eigenvalue weighted by Gasteiger charge is -2.34. The zero-order valence-corrected chi connectivity index (χ0v) is 14.7. The van der Waals surface area contributed by atoms with Crippen LogP contribution in [0.4, 0.5) is 0 Å². The second kappa shape index (κ2) is 7.88. The van der Waals surface area contributed by atoms with Crippen LogP contribution in [0.15, 0.2) is 18.2 Å². The van der Waals surface area contributed by atoms with Crippen molar-refractivity contribution in [3.8, 4) is 11.5 Å². The Kier molecular flexibility index (Phi) is 5.61. The summed E-state index contributed by atoms with van der Waals surface area (Å²) in [5.41, 5.74) is 1.11. The van der Waals surface area contributed by atoms with Gasteiger partial charge in [-0.25, -0.2) is 0 Å². The summed E-state index contributed by atoms with van der Waals surface area (Å²) in [5, 5.41) is 3.28. The van der Waals surface area contributed by atoms with E-state index in [2.05, 4.69) is 24.3 Å². The van der Waals surface area contributed by atoms with Gasteiger partial charge in [0.25, 0.3) is 0 Å². The van der Waals surface area contributed by atoms with Gasteiger partial charge < -0.3 is 19.7 Å². The van der Waals surface area contributed by atoms with E-state index in [9.17, 15) is 4.79 Å². The molecule has 1 aromatic carbocycles. The van der Waals surface area contributed by atoms with Gasteiger partial charge in [-0.15, -0.1) is 0 Å². The number of benzene rings is 1. The summed E-state index contributed by atoms with van der Waals surface area (Å²) >= 11 is 0. The Morgan fingerprint density at radius 3 is 2.83 bits per heavy atom. The highest BCUT2D eigenvalue weighted by atomic mass is 16.7. The molecule has 2 aliphatic rings. The number of amides is 1. The minimum atomic E-state index is 0.156. The van der Waals surface area contributed by atoms with Gasteiger partial charge in [-0.3, -0.25) is 4.79 Å². The Morgan fingerprint density at radius 2 is 2.00 bits per heavy atom. The van der Waals surface area contributed by atoms with Gasteiger partial charge in [0, 0.05) is 19.0 Å². The number of nitrogens with zero attached hydrogens (tertiary/aromatic N) is 1. The topological polar surface area (TPSA) is 50.8 Å². The average Bonchev–Trinajstić information content (AvgIpc) is 3.02. The van der Waals surface area contributed by atoms with Crippen LogP contribution < -0.4 is 14.8 Å². The predicted molar refractivity (Wildman–Crippen MR) is 93.3 cm³/mol. The summed E-state index contributed by atoms with van der Waals surface area (Å²) in [4.78, 5) is 14.6. The highest BCUT2D eigenvalue weighted by molar-refractivity contribution is 5.76. The van der Waals surface area contributed by atoms with Gasteiger partial charge in [0.2, 0.25) is 12.7 Å². The van der Waals surface area contributed by atoms with Crippen molar-refractivity contribution in [2.75, 3.05) is 27.4 Å². The van der Waals surface area contributed by atoms with E-state index in [1.807, 2.05) is 18.2 Å². The molecular formula is C19H28N2O3. The molecule has 2 unspecified atom stereocenters. The second-order valence-electron chi connectivity index (χ2n) is 7.17. The van der Waals surface area contributed by atoms with Crippen molar-refractivity contribution in [2.24, 2.45) is 5.92 Å². The lowest BCUT2D eigenvalue weighted by molar-refractivity contribution is -0.122. The largest absolute Gasteiger partial charge is 0.454 e. The highest BCUT2D eigenvalue weighted by Gasteiger charge is 2.26. The average molecular weight is 332 g/mol. The van der Waals surface area contributed by atoms with E-state index >= 15 is 0 Å². The second-order valence-corrected chi connectivity index (χ2v) is 7.17. The summed E-state index contributed by atoms with van der Waals surface area (Å²) in [5.74, 6) is 2.30. The Hall–Kier alpha value is -1.75. The molecule has 0 saturated heterocycles. The van der Waals surface area contributed by atoms with Crippen LogP contribution in [-0.4, -0.2) is 44.3 Å². The van der Waals surface area contributed by atoms with Gasteiger partial charge in [-0.2, -0.15) is 0 Å². The minimum absolute atomic E-state index is 0.156. The van der Waals surface area contributed by atoms with Gasteiger partial charge in [0.05, 0.1) is 0 Å². The van der Waals surface area contributed by atoms with E-state index in [0.717, 1.165) is 36.4 Å². The monoisotopic (exact) mass is 332 g/mol. The maximum Gasteiger partial charge on any atom is 0.231 e. The van der Waals surface area contributed by atoms with Crippen LogP contribution in [0.2, 0.25) is 0 Å². The molecule has 5 heteroatoms. The molecule has 1 amide bonds. The van der Waals surface area contributed by atoms with Crippen LogP contribution in [0.5, 0.6) is 11.5 Å². The van der Waals surface area contributed by atoms with E-state index in [4.69, 9.17) is 9.47 Å². The van der Waals surface area contributed by atoms with Crippen molar-refractivity contribution in [3.05, 3.63) is 23.8 Å². The fourth-order valence-electron chi connectivity index (χ4n) is 3.72. The van der Waals surface area contributed by atoms with Gasteiger partial charge in [-0.1, -0.05) is 18.9 Å². The quantitative estimate of drug-likeness (QED) is 0.870. The number of carbonyl (C=O) groups excluding carboxylic acids is 1. The van der Waals surface area contributed by atoms with Crippen molar-refractivity contribution < 1.29 is 14.3 Å². The number of fused-ring (bicyclic) bond motifs is 1. The van der Waals surface area contributed by atoms with E-state index in [-0.39, 0.29) is 12.7 Å². The molecule has 0 aromatic heterocycles. The van der Waals surface area contributed by atoms with Gasteiger partial charge >= 0.3 is 0 Å². The molecule has 1 aliphatic carbocycles. The molecule has 24 heavy (non-hydrogen) atoms. The zero-order valence-electron chi connectivity index (χ0n) is 14.7. The number of hydrogen-bond acceptors (Lipinski definition) is 4. The number of carbonyl (C=O) groups is 1. The lowest BCUT2D eigenvalue weighted by Crippen LogP contribution is -2.45. The maximum absolute atomic E-state index is 12.4. The minimum Gasteiger partial charge on any atom is -0.454 e. The SMILES string of the molecule is CN(C)CC1CCCCC1NC(=O)CCc1ccc2c(c1)OCO2. The third kappa shape index (κ3) is 4.41. The molecule has 2 atom stereocenters. The fourth-order valence-corrected chi connectivity index (χ4v) is 3.72. The summed E-state index contributed by atoms with van der Waals surface area (Å²) in [7, 11) is 4.21. The van der Waals surface area contributed by atoms with Crippen molar-refractivity contribution >= 4 is 5.91 Å². The number of aryl methyl sites for hydroxylation is 1. The first-order chi connectivity index (χ1) is 11.6. The van der Waals surface area contributed by atoms with Gasteiger partial charge in [0.1, 0.15) is 0 Å². The molecule has 0 radical (unpaired) electrons. The molecule has 0 spiro atoms. The molecule has 1 fully saturated rings. The van der Waals surface area contributed by atoms with Crippen LogP contribution in [0.25, 0.3) is 0 Å². The number of rotatable bonds is 6. The normalized spacial score (nSPS) is 22.6. The van der Waals surface area contributed by atoms with Gasteiger partial charge in [-0.05, 0) is 57.0 Å². The molecule has 132 valence electrons. The molecule has 1 aliphatic heterocycles. The summed E-state index contributed by atoms with van der Waals surface area (Å²) in [6.07, 6.45) is 6.07. The van der Waals surface area contributed by atoms with Crippen LogP contribution in [0.3, 0.4) is 0 Å². The third-order valence-electron chi connectivity index (χ3n) is 4.93. The Bertz CT molecular complexity index is 574. The molecule has 1 heterocycles. The van der Waals surface area contributed by atoms with Crippen LogP contribution in [0.1, 0.15) is 37.7 Å². The third-order valence-corrected chi connectivity index (χ3v) is 4.93. The smallest absolute Gasteiger partial charge is 0.231 e.